The maximum Gasteiger partial charge on any atom is 0.410 e. The lowest BCUT2D eigenvalue weighted by molar-refractivity contribution is 0.0278. The number of nitrogens with zero attached hydrogens (tertiary/aromatic N) is 4. The van der Waals surface area contributed by atoms with Crippen molar-refractivity contribution in [2.45, 2.75) is 60.6 Å². The molecule has 8 heteroatoms. The summed E-state index contributed by atoms with van der Waals surface area (Å²) in [6.07, 6.45) is -0.303. The molecule has 0 fully saturated rings. The van der Waals surface area contributed by atoms with Gasteiger partial charge in [-0.2, -0.15) is 5.10 Å². The SMILES string of the molecule is CCNC(=NCc1c(C)nn(C)c1C)NCC(C)CN(C)C(=O)OC(C)(C)C. The molecule has 28 heavy (non-hydrogen) atoms. The highest BCUT2D eigenvalue weighted by Gasteiger charge is 2.20. The van der Waals surface area contributed by atoms with E-state index in [1.807, 2.05) is 46.3 Å². The summed E-state index contributed by atoms with van der Waals surface area (Å²) in [5.41, 5.74) is 2.80. The van der Waals surface area contributed by atoms with Gasteiger partial charge in [-0.15, -0.1) is 0 Å². The minimum absolute atomic E-state index is 0.239. The standard InChI is InChI=1S/C20H38N6O2/c1-10-21-18(23-12-17-15(3)24-26(9)16(17)4)22-11-14(2)13-25(8)19(27)28-20(5,6)7/h14H,10-13H2,1-9H3,(H2,21,22,23). The normalized spacial score (nSPS) is 13.2. The zero-order valence-electron chi connectivity index (χ0n) is 19.0. The Hall–Kier alpha value is -2.25. The van der Waals surface area contributed by atoms with E-state index in [9.17, 15) is 4.79 Å². The molecule has 0 radical (unpaired) electrons. The van der Waals surface area contributed by atoms with Crippen molar-refractivity contribution in [3.8, 4) is 0 Å². The molecule has 0 saturated carbocycles. The number of rotatable bonds is 7. The molecule has 0 aliphatic heterocycles. The molecule has 1 unspecified atom stereocenters. The molecule has 0 saturated heterocycles. The molecular formula is C20H38N6O2. The average Bonchev–Trinajstić information content (AvgIpc) is 2.81. The van der Waals surface area contributed by atoms with Gasteiger partial charge in [0.05, 0.1) is 12.2 Å². The number of aryl methyl sites for hydroxylation is 2. The third kappa shape index (κ3) is 7.78. The molecule has 1 amide bonds. The molecule has 8 nitrogen and oxygen atoms in total. The van der Waals surface area contributed by atoms with Crippen molar-refractivity contribution in [3.63, 3.8) is 0 Å². The molecule has 1 aromatic rings. The van der Waals surface area contributed by atoms with Gasteiger partial charge in [0, 0.05) is 45.0 Å². The lowest BCUT2D eigenvalue weighted by Gasteiger charge is -2.26. The fourth-order valence-electron chi connectivity index (χ4n) is 2.76. The number of hydrogen-bond acceptors (Lipinski definition) is 4. The molecule has 2 N–H and O–H groups in total. The number of ether oxygens (including phenoxy) is 1. The van der Waals surface area contributed by atoms with Gasteiger partial charge in [-0.25, -0.2) is 9.79 Å². The van der Waals surface area contributed by atoms with Crippen LogP contribution in [0, 0.1) is 19.8 Å². The number of carbonyl (C=O) groups excluding carboxylic acids is 1. The first-order chi connectivity index (χ1) is 12.9. The molecule has 0 aliphatic rings. The van der Waals surface area contributed by atoms with Crippen LogP contribution in [-0.4, -0.2) is 59.0 Å². The highest BCUT2D eigenvalue weighted by Crippen LogP contribution is 2.13. The van der Waals surface area contributed by atoms with E-state index in [1.54, 1.807) is 11.9 Å². The minimum Gasteiger partial charge on any atom is -0.444 e. The van der Waals surface area contributed by atoms with Gasteiger partial charge in [-0.05, 0) is 47.5 Å². The first-order valence-electron chi connectivity index (χ1n) is 9.90. The second-order valence-electron chi connectivity index (χ2n) is 8.32. The van der Waals surface area contributed by atoms with E-state index in [4.69, 9.17) is 4.74 Å². The summed E-state index contributed by atoms with van der Waals surface area (Å²) in [5.74, 6) is 1.00. The third-order valence-corrected chi connectivity index (χ3v) is 4.31. The number of carbonyl (C=O) groups is 1. The second kappa shape index (κ2) is 10.3. The Bertz CT molecular complexity index is 675. The fraction of sp³-hybridized carbons (Fsp3) is 0.750. The Morgan fingerprint density at radius 1 is 1.32 bits per heavy atom. The molecule has 160 valence electrons. The van der Waals surface area contributed by atoms with Crippen LogP contribution in [0.5, 0.6) is 0 Å². The quantitative estimate of drug-likeness (QED) is 0.549. The van der Waals surface area contributed by atoms with Crippen LogP contribution in [0.15, 0.2) is 4.99 Å². The maximum absolute atomic E-state index is 12.1. The molecule has 1 heterocycles. The van der Waals surface area contributed by atoms with E-state index in [0.29, 0.717) is 19.6 Å². The van der Waals surface area contributed by atoms with E-state index in [0.717, 1.165) is 29.5 Å². The first-order valence-corrected chi connectivity index (χ1v) is 9.90. The van der Waals surface area contributed by atoms with Crippen LogP contribution in [0.4, 0.5) is 4.79 Å². The number of guanidine groups is 1. The van der Waals surface area contributed by atoms with E-state index >= 15 is 0 Å². The van der Waals surface area contributed by atoms with Gasteiger partial charge in [-0.1, -0.05) is 6.92 Å². The Labute approximate surface area is 169 Å². The summed E-state index contributed by atoms with van der Waals surface area (Å²) in [5, 5.41) is 11.1. The van der Waals surface area contributed by atoms with Crippen LogP contribution < -0.4 is 10.6 Å². The zero-order valence-corrected chi connectivity index (χ0v) is 19.0. The predicted octanol–water partition coefficient (Wildman–Crippen LogP) is 2.60. The van der Waals surface area contributed by atoms with Gasteiger partial charge in [0.2, 0.25) is 0 Å². The Kier molecular flexibility index (Phi) is 8.78. The number of nitrogens with one attached hydrogen (secondary N) is 2. The Morgan fingerprint density at radius 2 is 1.96 bits per heavy atom. The topological polar surface area (TPSA) is 83.8 Å². The van der Waals surface area contributed by atoms with E-state index < -0.39 is 5.60 Å². The maximum atomic E-state index is 12.1. The molecule has 1 rings (SSSR count). The van der Waals surface area contributed by atoms with Crippen molar-refractivity contribution in [2.24, 2.45) is 18.0 Å². The van der Waals surface area contributed by atoms with Crippen LogP contribution in [-0.2, 0) is 18.3 Å². The summed E-state index contributed by atoms with van der Waals surface area (Å²) < 4.78 is 7.28. The van der Waals surface area contributed by atoms with Crippen molar-refractivity contribution in [3.05, 3.63) is 17.0 Å². The van der Waals surface area contributed by atoms with Gasteiger partial charge < -0.3 is 20.3 Å². The van der Waals surface area contributed by atoms with Crippen molar-refractivity contribution < 1.29 is 9.53 Å². The van der Waals surface area contributed by atoms with E-state index in [1.165, 1.54) is 0 Å². The van der Waals surface area contributed by atoms with Gasteiger partial charge >= 0.3 is 6.09 Å². The van der Waals surface area contributed by atoms with Crippen molar-refractivity contribution in [2.75, 3.05) is 26.7 Å². The molecule has 1 atom stereocenters. The molecule has 0 aromatic carbocycles. The van der Waals surface area contributed by atoms with Crippen molar-refractivity contribution in [1.29, 1.82) is 0 Å². The smallest absolute Gasteiger partial charge is 0.410 e. The minimum atomic E-state index is -0.486. The summed E-state index contributed by atoms with van der Waals surface area (Å²) >= 11 is 0. The van der Waals surface area contributed by atoms with Crippen LogP contribution >= 0.6 is 0 Å². The summed E-state index contributed by atoms with van der Waals surface area (Å²) in [6.45, 7) is 16.5. The summed E-state index contributed by atoms with van der Waals surface area (Å²) in [4.78, 5) is 18.4. The van der Waals surface area contributed by atoms with Crippen LogP contribution in [0.2, 0.25) is 0 Å². The lowest BCUT2D eigenvalue weighted by atomic mass is 10.1. The highest BCUT2D eigenvalue weighted by molar-refractivity contribution is 5.79. The third-order valence-electron chi connectivity index (χ3n) is 4.31. The molecule has 0 spiro atoms. The Balaban J connectivity index is 2.61. The van der Waals surface area contributed by atoms with Crippen LogP contribution in [0.3, 0.4) is 0 Å². The number of aliphatic imine (C=N–C) groups is 1. The zero-order chi connectivity index (χ0) is 21.5. The van der Waals surface area contributed by atoms with Crippen LogP contribution in [0.25, 0.3) is 0 Å². The fourth-order valence-corrected chi connectivity index (χ4v) is 2.76. The van der Waals surface area contributed by atoms with Gasteiger partial charge in [-0.3, -0.25) is 4.68 Å². The molecule has 0 aliphatic carbocycles. The van der Waals surface area contributed by atoms with E-state index in [-0.39, 0.29) is 12.0 Å². The first kappa shape index (κ1) is 23.8. The average molecular weight is 395 g/mol. The van der Waals surface area contributed by atoms with Gasteiger partial charge in [0.25, 0.3) is 0 Å². The summed E-state index contributed by atoms with van der Waals surface area (Å²) in [7, 11) is 3.71. The number of aromatic nitrogens is 2. The monoisotopic (exact) mass is 394 g/mol. The summed E-state index contributed by atoms with van der Waals surface area (Å²) in [6, 6.07) is 0. The van der Waals surface area contributed by atoms with Crippen LogP contribution in [0.1, 0.15) is 51.6 Å². The highest BCUT2D eigenvalue weighted by atomic mass is 16.6. The second-order valence-corrected chi connectivity index (χ2v) is 8.32. The lowest BCUT2D eigenvalue weighted by Crippen LogP contribution is -2.42. The predicted molar refractivity (Wildman–Crippen MR) is 114 cm³/mol. The van der Waals surface area contributed by atoms with Crippen molar-refractivity contribution >= 4 is 12.1 Å². The Morgan fingerprint density at radius 3 is 2.46 bits per heavy atom. The molecule has 1 aromatic heterocycles. The van der Waals surface area contributed by atoms with Gasteiger partial charge in [0.15, 0.2) is 5.96 Å². The molecular weight excluding hydrogens is 356 g/mol. The number of hydrogen-bond donors (Lipinski definition) is 2. The van der Waals surface area contributed by atoms with E-state index in [2.05, 4.69) is 34.6 Å². The molecule has 0 bridgehead atoms. The van der Waals surface area contributed by atoms with Crippen molar-refractivity contribution in [1.82, 2.24) is 25.3 Å². The van der Waals surface area contributed by atoms with Gasteiger partial charge in [0.1, 0.15) is 5.60 Å². The number of amides is 1. The largest absolute Gasteiger partial charge is 0.444 e.